The first-order valence-electron chi connectivity index (χ1n) is 5.25. The molecule has 0 spiro atoms. The Balaban J connectivity index is 2.90. The minimum absolute atomic E-state index is 0.472. The maximum Gasteiger partial charge on any atom is 0.131 e. The lowest BCUT2D eigenvalue weighted by Crippen LogP contribution is -1.97. The summed E-state index contributed by atoms with van der Waals surface area (Å²) in [6.45, 7) is 6.46. The average Bonchev–Trinajstić information content (AvgIpc) is 2.19. The van der Waals surface area contributed by atoms with Crippen LogP contribution >= 0.6 is 0 Å². The van der Waals surface area contributed by atoms with Crippen molar-refractivity contribution in [2.75, 3.05) is 5.73 Å². The quantitative estimate of drug-likeness (QED) is 0.767. The fraction of sp³-hybridized carbons (Fsp3) is 0.308. The van der Waals surface area contributed by atoms with E-state index in [1.54, 1.807) is 6.20 Å². The molecule has 0 amide bonds. The van der Waals surface area contributed by atoms with Gasteiger partial charge in [0.2, 0.25) is 0 Å². The third-order valence-electron chi connectivity index (χ3n) is 2.83. The number of nitrogen functional groups attached to an aromatic ring is 1. The van der Waals surface area contributed by atoms with Gasteiger partial charge >= 0.3 is 0 Å². The molecule has 0 aliphatic heterocycles. The van der Waals surface area contributed by atoms with Gasteiger partial charge in [-0.05, 0) is 35.4 Å². The smallest absolute Gasteiger partial charge is 0.131 e. The highest BCUT2D eigenvalue weighted by Gasteiger charge is 2.09. The first-order valence-corrected chi connectivity index (χ1v) is 5.25. The van der Waals surface area contributed by atoms with Crippen LogP contribution in [-0.2, 0) is 0 Å². The number of pyridine rings is 1. The van der Waals surface area contributed by atoms with Crippen LogP contribution < -0.4 is 5.73 Å². The predicted molar refractivity (Wildman–Crippen MR) is 65.0 cm³/mol. The highest BCUT2D eigenvalue weighted by molar-refractivity contribution is 5.96. The van der Waals surface area contributed by atoms with Gasteiger partial charge in [0, 0.05) is 11.6 Å². The average molecular weight is 200 g/mol. The lowest BCUT2D eigenvalue weighted by atomic mass is 9.94. The number of hydrogen-bond acceptors (Lipinski definition) is 2. The summed E-state index contributed by atoms with van der Waals surface area (Å²) in [5.74, 6) is 1.11. The maximum absolute atomic E-state index is 5.95. The van der Waals surface area contributed by atoms with Crippen molar-refractivity contribution in [3.8, 4) is 0 Å². The van der Waals surface area contributed by atoms with Crippen molar-refractivity contribution < 1.29 is 0 Å². The Morgan fingerprint density at radius 2 is 1.93 bits per heavy atom. The molecule has 1 heterocycles. The van der Waals surface area contributed by atoms with Crippen LogP contribution in [0.5, 0.6) is 0 Å². The fourth-order valence-electron chi connectivity index (χ4n) is 1.98. The first kappa shape index (κ1) is 9.97. The topological polar surface area (TPSA) is 38.9 Å². The molecule has 0 saturated heterocycles. The van der Waals surface area contributed by atoms with Gasteiger partial charge in [-0.3, -0.25) is 0 Å². The molecule has 1 aromatic heterocycles. The Labute approximate surface area is 90.1 Å². The highest BCUT2D eigenvalue weighted by atomic mass is 14.8. The van der Waals surface area contributed by atoms with E-state index in [1.807, 2.05) is 6.07 Å². The van der Waals surface area contributed by atoms with Gasteiger partial charge in [-0.15, -0.1) is 0 Å². The van der Waals surface area contributed by atoms with Gasteiger partial charge in [-0.1, -0.05) is 26.0 Å². The SMILES string of the molecule is Cc1ccc(C(C)C)c2c(N)nccc12. The Kier molecular flexibility index (Phi) is 2.35. The summed E-state index contributed by atoms with van der Waals surface area (Å²) in [5, 5.41) is 2.33. The van der Waals surface area contributed by atoms with Crippen molar-refractivity contribution in [2.45, 2.75) is 26.7 Å². The number of nitrogens with two attached hydrogens (primary N) is 1. The van der Waals surface area contributed by atoms with E-state index in [-0.39, 0.29) is 0 Å². The highest BCUT2D eigenvalue weighted by Crippen LogP contribution is 2.30. The molecule has 2 rings (SSSR count). The van der Waals surface area contributed by atoms with Crippen LogP contribution in [0.1, 0.15) is 30.9 Å². The minimum Gasteiger partial charge on any atom is -0.383 e. The van der Waals surface area contributed by atoms with Gasteiger partial charge < -0.3 is 5.73 Å². The van der Waals surface area contributed by atoms with Crippen LogP contribution in [0.25, 0.3) is 10.8 Å². The molecule has 0 aliphatic rings. The monoisotopic (exact) mass is 200 g/mol. The lowest BCUT2D eigenvalue weighted by Gasteiger charge is -2.13. The van der Waals surface area contributed by atoms with E-state index >= 15 is 0 Å². The Hall–Kier alpha value is -1.57. The molecule has 2 aromatic rings. The molecule has 78 valence electrons. The molecule has 2 nitrogen and oxygen atoms in total. The number of hydrogen-bond donors (Lipinski definition) is 1. The van der Waals surface area contributed by atoms with Gasteiger partial charge in [0.05, 0.1) is 0 Å². The molecule has 0 radical (unpaired) electrons. The standard InChI is InChI=1S/C13H16N2/c1-8(2)10-5-4-9(3)11-6-7-15-13(14)12(10)11/h4-8H,1-3H3,(H2,14,15). The van der Waals surface area contributed by atoms with Crippen LogP contribution in [0.2, 0.25) is 0 Å². The van der Waals surface area contributed by atoms with E-state index in [0.29, 0.717) is 11.7 Å². The molecule has 0 bridgehead atoms. The number of fused-ring (bicyclic) bond motifs is 1. The largest absolute Gasteiger partial charge is 0.383 e. The Morgan fingerprint density at radius 1 is 1.20 bits per heavy atom. The van der Waals surface area contributed by atoms with Gasteiger partial charge in [-0.25, -0.2) is 4.98 Å². The van der Waals surface area contributed by atoms with E-state index in [2.05, 4.69) is 37.9 Å². The number of rotatable bonds is 1. The second kappa shape index (κ2) is 3.54. The number of anilines is 1. The van der Waals surface area contributed by atoms with Crippen LogP contribution in [0.4, 0.5) is 5.82 Å². The van der Waals surface area contributed by atoms with Crippen LogP contribution in [0, 0.1) is 6.92 Å². The van der Waals surface area contributed by atoms with Gasteiger partial charge in [0.1, 0.15) is 5.82 Å². The molecule has 0 unspecified atom stereocenters. The summed E-state index contributed by atoms with van der Waals surface area (Å²) in [7, 11) is 0. The maximum atomic E-state index is 5.95. The van der Waals surface area contributed by atoms with E-state index in [4.69, 9.17) is 5.73 Å². The van der Waals surface area contributed by atoms with E-state index < -0.39 is 0 Å². The second-order valence-corrected chi connectivity index (χ2v) is 4.25. The number of aromatic nitrogens is 1. The van der Waals surface area contributed by atoms with E-state index in [1.165, 1.54) is 16.5 Å². The summed E-state index contributed by atoms with van der Waals surface area (Å²) < 4.78 is 0. The van der Waals surface area contributed by atoms with Crippen LogP contribution in [-0.4, -0.2) is 4.98 Å². The molecule has 2 N–H and O–H groups in total. The summed E-state index contributed by atoms with van der Waals surface area (Å²) in [6, 6.07) is 6.34. The number of aryl methyl sites for hydroxylation is 1. The van der Waals surface area contributed by atoms with E-state index in [9.17, 15) is 0 Å². The number of nitrogens with zero attached hydrogens (tertiary/aromatic N) is 1. The normalized spacial score (nSPS) is 11.2. The second-order valence-electron chi connectivity index (χ2n) is 4.25. The van der Waals surface area contributed by atoms with Crippen LogP contribution in [0.15, 0.2) is 24.4 Å². The lowest BCUT2D eigenvalue weighted by molar-refractivity contribution is 0.875. The zero-order chi connectivity index (χ0) is 11.0. The summed E-state index contributed by atoms with van der Waals surface area (Å²) in [6.07, 6.45) is 1.77. The summed E-state index contributed by atoms with van der Waals surface area (Å²) in [4.78, 5) is 4.17. The van der Waals surface area contributed by atoms with Crippen molar-refractivity contribution in [2.24, 2.45) is 0 Å². The molecule has 0 atom stereocenters. The van der Waals surface area contributed by atoms with Crippen molar-refractivity contribution >= 4 is 16.6 Å². The summed E-state index contributed by atoms with van der Waals surface area (Å²) >= 11 is 0. The predicted octanol–water partition coefficient (Wildman–Crippen LogP) is 3.25. The van der Waals surface area contributed by atoms with Gasteiger partial charge in [-0.2, -0.15) is 0 Å². The van der Waals surface area contributed by atoms with Crippen molar-refractivity contribution in [3.05, 3.63) is 35.5 Å². The van der Waals surface area contributed by atoms with Gasteiger partial charge in [0.15, 0.2) is 0 Å². The van der Waals surface area contributed by atoms with Crippen molar-refractivity contribution in [3.63, 3.8) is 0 Å². The third-order valence-corrected chi connectivity index (χ3v) is 2.83. The molecular weight excluding hydrogens is 184 g/mol. The molecule has 1 aromatic carbocycles. The fourth-order valence-corrected chi connectivity index (χ4v) is 1.98. The van der Waals surface area contributed by atoms with Crippen molar-refractivity contribution in [1.29, 1.82) is 0 Å². The zero-order valence-electron chi connectivity index (χ0n) is 9.41. The molecule has 0 saturated carbocycles. The molecule has 0 fully saturated rings. The Bertz CT molecular complexity index is 501. The zero-order valence-corrected chi connectivity index (χ0v) is 9.41. The molecular formula is C13H16N2. The molecule has 15 heavy (non-hydrogen) atoms. The van der Waals surface area contributed by atoms with Crippen molar-refractivity contribution in [1.82, 2.24) is 4.98 Å². The summed E-state index contributed by atoms with van der Waals surface area (Å²) in [5.41, 5.74) is 8.48. The molecule has 2 heteroatoms. The molecule has 0 aliphatic carbocycles. The van der Waals surface area contributed by atoms with Gasteiger partial charge in [0.25, 0.3) is 0 Å². The number of benzene rings is 1. The Morgan fingerprint density at radius 3 is 2.60 bits per heavy atom. The third kappa shape index (κ3) is 1.56. The first-order chi connectivity index (χ1) is 7.11. The van der Waals surface area contributed by atoms with E-state index in [0.717, 1.165) is 5.39 Å². The van der Waals surface area contributed by atoms with Crippen LogP contribution in [0.3, 0.4) is 0 Å². The minimum atomic E-state index is 0.472.